The third-order valence-electron chi connectivity index (χ3n) is 6.13. The largest absolute Gasteiger partial charge is 0.369 e. The van der Waals surface area contributed by atoms with Crippen LogP contribution in [0.5, 0.6) is 0 Å². The Morgan fingerprint density at radius 2 is 2.42 bits per heavy atom. The predicted octanol–water partition coefficient (Wildman–Crippen LogP) is 2.26. The number of thiophene rings is 1. The fourth-order valence-electron chi connectivity index (χ4n) is 4.95. The number of carbonyl (C=O) groups excluding carboxylic acids is 1. The molecule has 6 nitrogen and oxygen atoms in total. The molecule has 1 N–H and O–H groups in total. The monoisotopic (exact) mass is 370 g/mol. The highest BCUT2D eigenvalue weighted by Gasteiger charge is 2.63. The van der Waals surface area contributed by atoms with Gasteiger partial charge in [0.25, 0.3) is 5.91 Å². The van der Waals surface area contributed by atoms with E-state index in [0.717, 1.165) is 43.0 Å². The fraction of sp³-hybridized carbons (Fsp3) is 0.526. The molecule has 2 aromatic heterocycles. The maximum atomic E-state index is 12.3. The van der Waals surface area contributed by atoms with Crippen molar-refractivity contribution in [3.63, 3.8) is 0 Å². The van der Waals surface area contributed by atoms with Crippen LogP contribution in [0.3, 0.4) is 0 Å². The highest BCUT2D eigenvalue weighted by atomic mass is 32.1. The first-order valence-electron chi connectivity index (χ1n) is 9.16. The van der Waals surface area contributed by atoms with Gasteiger partial charge in [0, 0.05) is 48.6 Å². The minimum Gasteiger partial charge on any atom is -0.369 e. The van der Waals surface area contributed by atoms with Gasteiger partial charge >= 0.3 is 0 Å². The molecule has 0 aromatic carbocycles. The van der Waals surface area contributed by atoms with Gasteiger partial charge in [-0.05, 0) is 31.2 Å². The van der Waals surface area contributed by atoms with Gasteiger partial charge in [-0.15, -0.1) is 0 Å². The van der Waals surface area contributed by atoms with Gasteiger partial charge in [0.15, 0.2) is 0 Å². The quantitative estimate of drug-likeness (QED) is 0.894. The SMILES string of the molecule is Cc1cncc(N2C[C@@H]3[C@H](CNC(=O)c4ccsc4)[C@H]4CC[C@]3(C2)O4)n1. The van der Waals surface area contributed by atoms with Crippen LogP contribution in [0.25, 0.3) is 0 Å². The molecule has 5 heterocycles. The van der Waals surface area contributed by atoms with E-state index in [9.17, 15) is 4.79 Å². The van der Waals surface area contributed by atoms with Gasteiger partial charge in [0.1, 0.15) is 5.82 Å². The Morgan fingerprint density at radius 1 is 1.50 bits per heavy atom. The molecule has 5 rings (SSSR count). The average molecular weight is 370 g/mol. The lowest BCUT2D eigenvalue weighted by Gasteiger charge is -2.29. The predicted molar refractivity (Wildman–Crippen MR) is 99.5 cm³/mol. The van der Waals surface area contributed by atoms with E-state index < -0.39 is 0 Å². The number of anilines is 1. The number of hydrogen-bond acceptors (Lipinski definition) is 6. The minimum atomic E-state index is -0.0755. The van der Waals surface area contributed by atoms with Gasteiger partial charge in [-0.1, -0.05) is 0 Å². The lowest BCUT2D eigenvalue weighted by molar-refractivity contribution is 0.0141. The van der Waals surface area contributed by atoms with E-state index in [1.807, 2.05) is 29.9 Å². The number of amides is 1. The van der Waals surface area contributed by atoms with Crippen molar-refractivity contribution in [1.82, 2.24) is 15.3 Å². The molecular weight excluding hydrogens is 348 g/mol. The maximum absolute atomic E-state index is 12.3. The van der Waals surface area contributed by atoms with Gasteiger partial charge in [-0.3, -0.25) is 9.78 Å². The van der Waals surface area contributed by atoms with Gasteiger partial charge in [0.05, 0.1) is 23.6 Å². The average Bonchev–Trinajstić information content (AvgIpc) is 3.39. The van der Waals surface area contributed by atoms with E-state index in [2.05, 4.69) is 20.2 Å². The summed E-state index contributed by atoms with van der Waals surface area (Å²) in [6, 6.07) is 1.87. The molecule has 1 spiro atoms. The zero-order valence-corrected chi connectivity index (χ0v) is 15.5. The number of hydrogen-bond donors (Lipinski definition) is 1. The topological polar surface area (TPSA) is 67.4 Å². The van der Waals surface area contributed by atoms with Crippen molar-refractivity contribution in [3.8, 4) is 0 Å². The standard InChI is InChI=1S/C19H22N4O2S/c1-12-6-20-8-17(22-12)23-9-15-14(16-2-4-19(15,11-23)25-16)7-21-18(24)13-3-5-26-10-13/h3,5-6,8,10,14-16H,2,4,7,9,11H2,1H3,(H,21,24)/t14-,15+,16+,19+/m0/s1. The summed E-state index contributed by atoms with van der Waals surface area (Å²) < 4.78 is 6.46. The Bertz CT molecular complexity index is 827. The van der Waals surface area contributed by atoms with E-state index in [1.165, 1.54) is 0 Å². The number of aromatic nitrogens is 2. The first-order valence-corrected chi connectivity index (χ1v) is 10.1. The molecule has 26 heavy (non-hydrogen) atoms. The Labute approximate surface area is 156 Å². The number of fused-ring (bicyclic) bond motifs is 1. The molecular formula is C19H22N4O2S. The molecule has 3 saturated heterocycles. The van der Waals surface area contributed by atoms with E-state index in [-0.39, 0.29) is 17.6 Å². The highest BCUT2D eigenvalue weighted by molar-refractivity contribution is 7.08. The number of carbonyl (C=O) groups is 1. The molecule has 2 aromatic rings. The second-order valence-electron chi connectivity index (χ2n) is 7.65. The lowest BCUT2D eigenvalue weighted by Crippen LogP contribution is -2.41. The molecule has 7 heteroatoms. The number of aryl methyl sites for hydroxylation is 1. The number of rotatable bonds is 4. The van der Waals surface area contributed by atoms with Crippen LogP contribution >= 0.6 is 11.3 Å². The summed E-state index contributed by atoms with van der Waals surface area (Å²) in [5.41, 5.74) is 1.60. The van der Waals surface area contributed by atoms with Crippen LogP contribution in [-0.4, -0.2) is 47.2 Å². The maximum Gasteiger partial charge on any atom is 0.252 e. The zero-order chi connectivity index (χ0) is 17.7. The Kier molecular flexibility index (Phi) is 3.76. The minimum absolute atomic E-state index is 0.0162. The molecule has 136 valence electrons. The highest BCUT2D eigenvalue weighted by Crippen LogP contribution is 2.55. The molecule has 3 fully saturated rings. The molecule has 3 aliphatic heterocycles. The van der Waals surface area contributed by atoms with Crippen molar-refractivity contribution in [1.29, 1.82) is 0 Å². The third kappa shape index (κ3) is 2.53. The summed E-state index contributed by atoms with van der Waals surface area (Å²) in [5.74, 6) is 1.75. The van der Waals surface area contributed by atoms with Crippen molar-refractivity contribution >= 4 is 23.1 Å². The molecule has 3 aliphatic rings. The Hall–Kier alpha value is -1.99. The van der Waals surface area contributed by atoms with Crippen LogP contribution in [0.2, 0.25) is 0 Å². The molecule has 0 radical (unpaired) electrons. The molecule has 0 aliphatic carbocycles. The third-order valence-corrected chi connectivity index (χ3v) is 6.82. The number of nitrogens with one attached hydrogen (secondary N) is 1. The smallest absolute Gasteiger partial charge is 0.252 e. The van der Waals surface area contributed by atoms with E-state index in [1.54, 1.807) is 17.5 Å². The number of ether oxygens (including phenoxy) is 1. The van der Waals surface area contributed by atoms with Crippen LogP contribution < -0.4 is 10.2 Å². The Balaban J connectivity index is 1.31. The summed E-state index contributed by atoms with van der Waals surface area (Å²) >= 11 is 1.55. The Morgan fingerprint density at radius 3 is 3.23 bits per heavy atom. The normalized spacial score (nSPS) is 32.0. The van der Waals surface area contributed by atoms with E-state index in [4.69, 9.17) is 4.74 Å². The zero-order valence-electron chi connectivity index (χ0n) is 14.7. The number of nitrogens with zero attached hydrogens (tertiary/aromatic N) is 3. The van der Waals surface area contributed by atoms with Crippen molar-refractivity contribution in [2.45, 2.75) is 31.5 Å². The lowest BCUT2D eigenvalue weighted by atomic mass is 9.73. The molecule has 4 atom stereocenters. The summed E-state index contributed by atoms with van der Waals surface area (Å²) in [4.78, 5) is 23.5. The van der Waals surface area contributed by atoms with Crippen LogP contribution in [0.1, 0.15) is 28.9 Å². The van der Waals surface area contributed by atoms with Crippen molar-refractivity contribution in [2.24, 2.45) is 11.8 Å². The summed E-state index contributed by atoms with van der Waals surface area (Å²) in [7, 11) is 0. The van der Waals surface area contributed by atoms with Crippen LogP contribution in [0, 0.1) is 18.8 Å². The van der Waals surface area contributed by atoms with Crippen molar-refractivity contribution in [3.05, 3.63) is 40.5 Å². The van der Waals surface area contributed by atoms with Gasteiger partial charge in [-0.2, -0.15) is 11.3 Å². The summed E-state index contributed by atoms with van der Waals surface area (Å²) in [5, 5.41) is 6.95. The van der Waals surface area contributed by atoms with Crippen LogP contribution in [0.15, 0.2) is 29.2 Å². The molecule has 2 bridgehead atoms. The second kappa shape index (κ2) is 6.03. The van der Waals surface area contributed by atoms with E-state index in [0.29, 0.717) is 18.4 Å². The van der Waals surface area contributed by atoms with Gasteiger partial charge in [-0.25, -0.2) is 4.98 Å². The van der Waals surface area contributed by atoms with E-state index >= 15 is 0 Å². The first kappa shape index (κ1) is 16.2. The van der Waals surface area contributed by atoms with Crippen molar-refractivity contribution in [2.75, 3.05) is 24.5 Å². The van der Waals surface area contributed by atoms with Gasteiger partial charge in [0.2, 0.25) is 0 Å². The van der Waals surface area contributed by atoms with Crippen molar-refractivity contribution < 1.29 is 9.53 Å². The summed E-state index contributed by atoms with van der Waals surface area (Å²) in [6.07, 6.45) is 6.08. The fourth-order valence-corrected chi connectivity index (χ4v) is 5.58. The van der Waals surface area contributed by atoms with Crippen LogP contribution in [0.4, 0.5) is 5.82 Å². The second-order valence-corrected chi connectivity index (χ2v) is 8.43. The molecule has 1 amide bonds. The molecule has 0 saturated carbocycles. The van der Waals surface area contributed by atoms with Gasteiger partial charge < -0.3 is 15.0 Å². The molecule has 0 unspecified atom stereocenters. The first-order chi connectivity index (χ1) is 12.6. The van der Waals surface area contributed by atoms with Crippen LogP contribution in [-0.2, 0) is 4.74 Å². The summed E-state index contributed by atoms with van der Waals surface area (Å²) in [6.45, 7) is 4.45.